The fourth-order valence-corrected chi connectivity index (χ4v) is 7.10. The number of rotatable bonds is 6. The van der Waals surface area contributed by atoms with Crippen molar-refractivity contribution in [3.63, 3.8) is 0 Å². The number of carbonyl (C=O) groups is 1. The summed E-state index contributed by atoms with van der Waals surface area (Å²) in [7, 11) is 12.7. The Morgan fingerprint density at radius 1 is 1.11 bits per heavy atom. The van der Waals surface area contributed by atoms with Crippen LogP contribution in [0.3, 0.4) is 0 Å². The molecule has 2 nitrogen and oxygen atoms in total. The molecule has 1 aliphatic rings. The van der Waals surface area contributed by atoms with E-state index in [1.807, 2.05) is 19.9 Å². The van der Waals surface area contributed by atoms with Gasteiger partial charge in [0.25, 0.3) is 0 Å². The molecular formula is C22H24Cl2NOTi. The van der Waals surface area contributed by atoms with Crippen LogP contribution in [-0.4, -0.2) is 9.29 Å². The molecule has 0 saturated carbocycles. The molecule has 2 aromatic rings. The van der Waals surface area contributed by atoms with Crippen LogP contribution in [0.1, 0.15) is 67.8 Å². The van der Waals surface area contributed by atoms with Gasteiger partial charge in [0.1, 0.15) is 0 Å². The van der Waals surface area contributed by atoms with Crippen LogP contribution in [-0.2, 0) is 20.8 Å². The number of hydrogen-bond acceptors (Lipinski definition) is 1. The predicted octanol–water partition coefficient (Wildman–Crippen LogP) is 6.77. The molecule has 3 rings (SSSR count). The fraction of sp³-hybridized carbons (Fsp3) is 0.318. The Morgan fingerprint density at radius 3 is 2.41 bits per heavy atom. The van der Waals surface area contributed by atoms with Gasteiger partial charge in [0.15, 0.2) is 0 Å². The Hall–Kier alpha value is -1.06. The van der Waals surface area contributed by atoms with Gasteiger partial charge >= 0.3 is 177 Å². The molecule has 0 N–H and O–H groups in total. The molecule has 2 aromatic carbocycles. The van der Waals surface area contributed by atoms with Crippen molar-refractivity contribution in [2.45, 2.75) is 45.6 Å². The van der Waals surface area contributed by atoms with Gasteiger partial charge in [-0.3, -0.25) is 0 Å². The molecule has 0 aromatic heterocycles. The normalized spacial score (nSPS) is 16.5. The van der Waals surface area contributed by atoms with E-state index in [4.69, 9.17) is 18.6 Å². The van der Waals surface area contributed by atoms with Gasteiger partial charge in [-0.05, 0) is 0 Å². The summed E-state index contributed by atoms with van der Waals surface area (Å²) in [6, 6.07) is 16.7. The van der Waals surface area contributed by atoms with E-state index in [2.05, 4.69) is 55.5 Å². The van der Waals surface area contributed by atoms with Gasteiger partial charge in [0.2, 0.25) is 0 Å². The third kappa shape index (κ3) is 4.20. The minimum absolute atomic E-state index is 0.0545. The maximum atomic E-state index is 12.7. The molecule has 0 aliphatic heterocycles. The summed E-state index contributed by atoms with van der Waals surface area (Å²) in [4.78, 5) is 12.7. The Labute approximate surface area is 176 Å². The van der Waals surface area contributed by atoms with Crippen molar-refractivity contribution in [1.82, 2.24) is 3.38 Å². The van der Waals surface area contributed by atoms with E-state index < -0.39 is 16.0 Å². The second-order valence-corrected chi connectivity index (χ2v) is 12.3. The Bertz CT molecular complexity index is 865. The van der Waals surface area contributed by atoms with E-state index in [0.29, 0.717) is 6.42 Å². The van der Waals surface area contributed by atoms with Crippen LogP contribution in [0, 0.1) is 0 Å². The summed E-state index contributed by atoms with van der Waals surface area (Å²) < 4.78 is 1.76. The van der Waals surface area contributed by atoms with Gasteiger partial charge in [-0.1, -0.05) is 0 Å². The first-order valence-electron chi connectivity index (χ1n) is 9.31. The number of hydrogen-bond donors (Lipinski definition) is 0. The molecule has 1 aliphatic carbocycles. The summed E-state index contributed by atoms with van der Waals surface area (Å²) in [6.07, 6.45) is 3.53. The third-order valence-corrected chi connectivity index (χ3v) is 8.27. The standard InChI is InChI=1S/C22H25NO.2ClH.Ti/c1-4-9-21(24)23-16(3)18-11-7-8-13-20(18)22-15(2)14-17-10-5-6-12-19(17)22;;;/h5-8,10-14,16,22H,4,9H2,1-3H3,(H,23,24);2*1H;/q;;;+3/p-3. The van der Waals surface area contributed by atoms with E-state index in [-0.39, 0.29) is 17.9 Å². The van der Waals surface area contributed by atoms with E-state index in [0.717, 1.165) is 12.0 Å². The maximum absolute atomic E-state index is 12.7. The predicted molar refractivity (Wildman–Crippen MR) is 110 cm³/mol. The van der Waals surface area contributed by atoms with Gasteiger partial charge in [-0.25, -0.2) is 0 Å². The zero-order valence-corrected chi connectivity index (χ0v) is 18.9. The van der Waals surface area contributed by atoms with Crippen LogP contribution in [0.2, 0.25) is 0 Å². The Balaban J connectivity index is 2.04. The Morgan fingerprint density at radius 2 is 1.74 bits per heavy atom. The van der Waals surface area contributed by atoms with Crippen molar-refractivity contribution in [2.24, 2.45) is 0 Å². The summed E-state index contributed by atoms with van der Waals surface area (Å²) in [5, 5.41) is 0. The average Bonchev–Trinajstić information content (AvgIpc) is 2.97. The molecule has 0 fully saturated rings. The van der Waals surface area contributed by atoms with E-state index in [1.54, 1.807) is 3.38 Å². The van der Waals surface area contributed by atoms with Gasteiger partial charge in [0, 0.05) is 0 Å². The molecule has 27 heavy (non-hydrogen) atoms. The first kappa shape index (κ1) is 20.7. The molecule has 0 radical (unpaired) electrons. The molecule has 2 atom stereocenters. The summed E-state index contributed by atoms with van der Waals surface area (Å²) in [5.41, 5.74) is 6.25. The van der Waals surface area contributed by atoms with Crippen LogP contribution in [0.4, 0.5) is 0 Å². The van der Waals surface area contributed by atoms with Crippen molar-refractivity contribution >= 4 is 30.6 Å². The number of nitrogens with zero attached hydrogens (tertiary/aromatic N) is 1. The number of benzene rings is 2. The van der Waals surface area contributed by atoms with E-state index in [1.165, 1.54) is 22.3 Å². The molecule has 0 bridgehead atoms. The molecule has 1 amide bonds. The number of carbonyl (C=O) groups excluding carboxylic acids is 1. The topological polar surface area (TPSA) is 20.3 Å². The minimum atomic E-state index is -2.62. The number of halogens is 2. The summed E-state index contributed by atoms with van der Waals surface area (Å²) >= 11 is -2.62. The van der Waals surface area contributed by atoms with Gasteiger partial charge in [-0.15, -0.1) is 0 Å². The van der Waals surface area contributed by atoms with E-state index >= 15 is 0 Å². The average molecular weight is 437 g/mol. The van der Waals surface area contributed by atoms with Gasteiger partial charge in [-0.2, -0.15) is 0 Å². The van der Waals surface area contributed by atoms with Gasteiger partial charge in [0.05, 0.1) is 0 Å². The monoisotopic (exact) mass is 436 g/mol. The van der Waals surface area contributed by atoms with Crippen LogP contribution < -0.4 is 0 Å². The fourth-order valence-electron chi connectivity index (χ4n) is 3.98. The van der Waals surface area contributed by atoms with Crippen LogP contribution in [0.5, 0.6) is 0 Å². The zero-order chi connectivity index (χ0) is 19.6. The number of allylic oxidation sites excluding steroid dienone is 1. The van der Waals surface area contributed by atoms with Crippen LogP contribution >= 0.6 is 18.6 Å². The molecular weight excluding hydrogens is 413 g/mol. The molecule has 141 valence electrons. The van der Waals surface area contributed by atoms with Crippen molar-refractivity contribution in [3.8, 4) is 0 Å². The first-order valence-corrected chi connectivity index (χ1v) is 14.3. The quantitative estimate of drug-likeness (QED) is 0.457. The molecule has 0 heterocycles. The molecule has 0 spiro atoms. The van der Waals surface area contributed by atoms with Crippen molar-refractivity contribution in [2.75, 3.05) is 0 Å². The SMILES string of the molecule is CCCC(=O)[N](C(C)c1ccccc1C1C(C)=Cc2ccccc21)[Ti]([Cl])[Cl]. The number of amides is 1. The van der Waals surface area contributed by atoms with Crippen molar-refractivity contribution in [1.29, 1.82) is 0 Å². The van der Waals surface area contributed by atoms with Crippen molar-refractivity contribution in [3.05, 3.63) is 76.4 Å². The Kier molecular flexibility index (Phi) is 6.86. The first-order chi connectivity index (χ1) is 13.0. The molecule has 2 unspecified atom stereocenters. The second kappa shape index (κ2) is 8.96. The van der Waals surface area contributed by atoms with E-state index in [9.17, 15) is 4.79 Å². The van der Waals surface area contributed by atoms with Crippen LogP contribution in [0.15, 0.2) is 54.1 Å². The second-order valence-electron chi connectivity index (χ2n) is 7.01. The summed E-state index contributed by atoms with van der Waals surface area (Å²) in [6.45, 7) is 6.22. The molecule has 5 heteroatoms. The van der Waals surface area contributed by atoms with Crippen molar-refractivity contribution < 1.29 is 20.8 Å². The third-order valence-electron chi connectivity index (χ3n) is 5.20. The number of fused-ring (bicyclic) bond motifs is 1. The summed E-state index contributed by atoms with van der Waals surface area (Å²) in [5.74, 6) is 0.260. The zero-order valence-electron chi connectivity index (χ0n) is 15.9. The van der Waals surface area contributed by atoms with Crippen LogP contribution in [0.25, 0.3) is 6.08 Å². The van der Waals surface area contributed by atoms with Gasteiger partial charge < -0.3 is 0 Å². The molecule has 0 saturated heterocycles.